The first kappa shape index (κ1) is 13.6. The van der Waals surface area contributed by atoms with Crippen LogP contribution >= 0.6 is 11.6 Å². The Kier molecular flexibility index (Phi) is 3.90. The van der Waals surface area contributed by atoms with Crippen molar-refractivity contribution in [3.05, 3.63) is 34.4 Å². The number of rotatable bonds is 4. The average Bonchev–Trinajstić information content (AvgIpc) is 2.94. The van der Waals surface area contributed by atoms with Crippen LogP contribution in [0.2, 0.25) is 5.02 Å². The second kappa shape index (κ2) is 5.44. The van der Waals surface area contributed by atoms with Gasteiger partial charge in [0.1, 0.15) is 0 Å². The Balaban J connectivity index is 2.15. The van der Waals surface area contributed by atoms with Crippen LogP contribution in [0.3, 0.4) is 0 Å². The number of aromatic nitrogens is 4. The molecule has 1 amide bonds. The predicted molar refractivity (Wildman–Crippen MR) is 72.0 cm³/mol. The first-order valence-corrected chi connectivity index (χ1v) is 6.40. The SMILES string of the molecule is CC[C@H](NC(=O)c1n[nH]c(C)c1Cl)c1cnn(C)c1. The highest BCUT2D eigenvalue weighted by atomic mass is 35.5. The van der Waals surface area contributed by atoms with Crippen LogP contribution < -0.4 is 5.32 Å². The Morgan fingerprint density at radius 3 is 2.84 bits per heavy atom. The molecule has 2 aromatic heterocycles. The zero-order chi connectivity index (χ0) is 14.0. The molecule has 7 heteroatoms. The van der Waals surface area contributed by atoms with Gasteiger partial charge in [0.25, 0.3) is 5.91 Å². The van der Waals surface area contributed by atoms with Crippen molar-refractivity contribution < 1.29 is 4.79 Å². The van der Waals surface area contributed by atoms with E-state index in [1.807, 2.05) is 20.2 Å². The molecule has 0 fully saturated rings. The van der Waals surface area contributed by atoms with Gasteiger partial charge in [0.15, 0.2) is 5.69 Å². The summed E-state index contributed by atoms with van der Waals surface area (Å²) in [6.07, 6.45) is 4.39. The van der Waals surface area contributed by atoms with E-state index in [0.29, 0.717) is 10.7 Å². The summed E-state index contributed by atoms with van der Waals surface area (Å²) in [5.41, 5.74) is 1.87. The van der Waals surface area contributed by atoms with Gasteiger partial charge in [-0.05, 0) is 13.3 Å². The maximum Gasteiger partial charge on any atom is 0.273 e. The molecule has 0 saturated carbocycles. The third-order valence-electron chi connectivity index (χ3n) is 2.93. The largest absolute Gasteiger partial charge is 0.344 e. The lowest BCUT2D eigenvalue weighted by molar-refractivity contribution is 0.0930. The van der Waals surface area contributed by atoms with Crippen molar-refractivity contribution in [1.29, 1.82) is 0 Å². The Hall–Kier alpha value is -1.82. The molecule has 2 heterocycles. The first-order valence-electron chi connectivity index (χ1n) is 6.02. The Morgan fingerprint density at radius 1 is 1.63 bits per heavy atom. The van der Waals surface area contributed by atoms with Gasteiger partial charge in [0.2, 0.25) is 0 Å². The molecule has 0 aromatic carbocycles. The third-order valence-corrected chi connectivity index (χ3v) is 3.39. The number of H-pyrrole nitrogens is 1. The Labute approximate surface area is 116 Å². The number of aromatic amines is 1. The second-order valence-electron chi connectivity index (χ2n) is 4.39. The summed E-state index contributed by atoms with van der Waals surface area (Å²) in [7, 11) is 1.84. The van der Waals surface area contributed by atoms with Crippen molar-refractivity contribution in [2.24, 2.45) is 7.05 Å². The minimum atomic E-state index is -0.287. The molecule has 1 atom stereocenters. The van der Waals surface area contributed by atoms with E-state index in [1.54, 1.807) is 17.8 Å². The van der Waals surface area contributed by atoms with Gasteiger partial charge in [-0.15, -0.1) is 0 Å². The molecule has 0 aliphatic heterocycles. The number of carbonyl (C=O) groups is 1. The highest BCUT2D eigenvalue weighted by Crippen LogP contribution is 2.20. The van der Waals surface area contributed by atoms with E-state index in [1.165, 1.54) is 0 Å². The van der Waals surface area contributed by atoms with E-state index in [-0.39, 0.29) is 17.6 Å². The van der Waals surface area contributed by atoms with Crippen LogP contribution in [-0.2, 0) is 7.05 Å². The first-order chi connectivity index (χ1) is 9.02. The van der Waals surface area contributed by atoms with Crippen LogP contribution in [0.15, 0.2) is 12.4 Å². The quantitative estimate of drug-likeness (QED) is 0.900. The van der Waals surface area contributed by atoms with Crippen LogP contribution in [0.4, 0.5) is 0 Å². The number of hydrogen-bond donors (Lipinski definition) is 2. The van der Waals surface area contributed by atoms with Gasteiger partial charge < -0.3 is 5.32 Å². The maximum atomic E-state index is 12.1. The van der Waals surface area contributed by atoms with Crippen molar-refractivity contribution in [2.45, 2.75) is 26.3 Å². The lowest BCUT2D eigenvalue weighted by atomic mass is 10.1. The van der Waals surface area contributed by atoms with Crippen LogP contribution in [0.25, 0.3) is 0 Å². The van der Waals surface area contributed by atoms with Crippen molar-refractivity contribution >= 4 is 17.5 Å². The lowest BCUT2D eigenvalue weighted by Gasteiger charge is -2.14. The summed E-state index contributed by atoms with van der Waals surface area (Å²) in [4.78, 5) is 12.1. The highest BCUT2D eigenvalue weighted by Gasteiger charge is 2.20. The van der Waals surface area contributed by atoms with Gasteiger partial charge >= 0.3 is 0 Å². The molecule has 2 aromatic rings. The molecule has 0 radical (unpaired) electrons. The van der Waals surface area contributed by atoms with Gasteiger partial charge in [-0.25, -0.2) is 0 Å². The van der Waals surface area contributed by atoms with Crippen molar-refractivity contribution in [3.63, 3.8) is 0 Å². The average molecular weight is 282 g/mol. The fourth-order valence-electron chi connectivity index (χ4n) is 1.83. The summed E-state index contributed by atoms with van der Waals surface area (Å²) < 4.78 is 1.70. The third kappa shape index (κ3) is 2.78. The van der Waals surface area contributed by atoms with Gasteiger partial charge in [-0.2, -0.15) is 10.2 Å². The number of carbonyl (C=O) groups excluding carboxylic acids is 1. The molecule has 2 N–H and O–H groups in total. The van der Waals surface area contributed by atoms with Gasteiger partial charge in [0.05, 0.1) is 23.0 Å². The monoisotopic (exact) mass is 281 g/mol. The standard InChI is InChI=1S/C12H16ClN5O/c1-4-9(8-5-14-18(3)6-8)15-12(19)11-10(13)7(2)16-17-11/h5-6,9H,4H2,1-3H3,(H,15,19)(H,16,17)/t9-/m0/s1. The molecule has 0 unspecified atom stereocenters. The van der Waals surface area contributed by atoms with E-state index < -0.39 is 0 Å². The Bertz CT molecular complexity index is 589. The highest BCUT2D eigenvalue weighted by molar-refractivity contribution is 6.34. The zero-order valence-corrected chi connectivity index (χ0v) is 11.8. The topological polar surface area (TPSA) is 75.6 Å². The van der Waals surface area contributed by atoms with Crippen molar-refractivity contribution in [3.8, 4) is 0 Å². The van der Waals surface area contributed by atoms with E-state index in [2.05, 4.69) is 20.6 Å². The molecule has 0 aliphatic carbocycles. The summed E-state index contributed by atoms with van der Waals surface area (Å²) in [6, 6.07) is -0.103. The number of hydrogen-bond acceptors (Lipinski definition) is 3. The smallest absolute Gasteiger partial charge is 0.273 e. The summed E-state index contributed by atoms with van der Waals surface area (Å²) in [6.45, 7) is 3.76. The molecule has 0 aliphatic rings. The number of nitrogens with one attached hydrogen (secondary N) is 2. The molecular formula is C12H16ClN5O. The predicted octanol–water partition coefficient (Wildman–Crippen LogP) is 1.99. The molecule has 102 valence electrons. The molecule has 0 spiro atoms. The summed E-state index contributed by atoms with van der Waals surface area (Å²) in [5.74, 6) is -0.287. The normalized spacial score (nSPS) is 12.4. The van der Waals surface area contributed by atoms with Crippen LogP contribution in [0.1, 0.15) is 41.1 Å². The maximum absolute atomic E-state index is 12.1. The minimum Gasteiger partial charge on any atom is -0.344 e. The Morgan fingerprint density at radius 2 is 2.37 bits per heavy atom. The fraction of sp³-hybridized carbons (Fsp3) is 0.417. The number of aryl methyl sites for hydroxylation is 2. The molecule has 0 bridgehead atoms. The fourth-order valence-corrected chi connectivity index (χ4v) is 2.00. The van der Waals surface area contributed by atoms with Gasteiger partial charge in [0, 0.05) is 18.8 Å². The molecular weight excluding hydrogens is 266 g/mol. The summed E-state index contributed by atoms with van der Waals surface area (Å²) in [5, 5.41) is 14.0. The molecule has 0 saturated heterocycles. The van der Waals surface area contributed by atoms with Crippen molar-refractivity contribution in [1.82, 2.24) is 25.3 Å². The van der Waals surface area contributed by atoms with E-state index >= 15 is 0 Å². The molecule has 19 heavy (non-hydrogen) atoms. The number of nitrogens with zero attached hydrogens (tertiary/aromatic N) is 3. The minimum absolute atomic E-state index is 0.103. The lowest BCUT2D eigenvalue weighted by Crippen LogP contribution is -2.28. The van der Waals surface area contributed by atoms with Crippen molar-refractivity contribution in [2.75, 3.05) is 0 Å². The van der Waals surface area contributed by atoms with E-state index in [0.717, 1.165) is 12.0 Å². The molecule has 2 rings (SSSR count). The van der Waals surface area contributed by atoms with Gasteiger partial charge in [-0.3, -0.25) is 14.6 Å². The van der Waals surface area contributed by atoms with Crippen LogP contribution in [0, 0.1) is 6.92 Å². The van der Waals surface area contributed by atoms with Gasteiger partial charge in [-0.1, -0.05) is 18.5 Å². The number of halogens is 1. The molecule has 6 nitrogen and oxygen atoms in total. The van der Waals surface area contributed by atoms with E-state index in [9.17, 15) is 4.79 Å². The van der Waals surface area contributed by atoms with E-state index in [4.69, 9.17) is 11.6 Å². The summed E-state index contributed by atoms with van der Waals surface area (Å²) >= 11 is 6.01. The zero-order valence-electron chi connectivity index (χ0n) is 11.1. The number of amides is 1. The van der Waals surface area contributed by atoms with Crippen LogP contribution in [0.5, 0.6) is 0 Å². The second-order valence-corrected chi connectivity index (χ2v) is 4.77. The van der Waals surface area contributed by atoms with Crippen LogP contribution in [-0.4, -0.2) is 25.9 Å².